The Morgan fingerprint density at radius 3 is 1.34 bits per heavy atom. The Labute approximate surface area is 209 Å². The molecule has 2 fully saturated rings. The van der Waals surface area contributed by atoms with E-state index in [2.05, 4.69) is 0 Å². The van der Waals surface area contributed by atoms with Crippen LogP contribution in [0.2, 0.25) is 0 Å². The molecule has 0 radical (unpaired) electrons. The van der Waals surface area contributed by atoms with Crippen LogP contribution in [0.15, 0.2) is 60.7 Å². The minimum Gasteiger partial charge on any atom is -0.325 e. The number of halogens is 4. The number of Topliss-reactive ketones (excluding diaryl/α,β-unsaturated/α-hetero) is 1. The molecule has 0 saturated heterocycles. The fraction of sp³-hybridized carbons (Fsp3) is 0.480. The summed E-state index contributed by atoms with van der Waals surface area (Å²) in [5.74, 6) is -1.12. The van der Waals surface area contributed by atoms with Crippen LogP contribution in [0.5, 0.6) is 0 Å². The van der Waals surface area contributed by atoms with E-state index in [-0.39, 0.29) is 40.2 Å². The second kappa shape index (κ2) is 10.2. The average molecular weight is 514 g/mol. The van der Waals surface area contributed by atoms with Gasteiger partial charge in [-0.25, -0.2) is 0 Å². The highest BCUT2D eigenvalue weighted by atomic mass is 35.5. The van der Waals surface area contributed by atoms with Gasteiger partial charge in [-0.1, -0.05) is 60.7 Å². The van der Waals surface area contributed by atoms with E-state index in [1.165, 1.54) is 0 Å². The maximum Gasteiger partial charge on any atom is 0.140 e. The summed E-state index contributed by atoms with van der Waals surface area (Å²) in [5.41, 5.74) is 14.7. The number of nitrogens with two attached hydrogens (primary N) is 2. The molecule has 2 aromatic rings. The number of hydrogen-bond acceptors (Lipinski definition) is 3. The third-order valence-electron chi connectivity index (χ3n) is 7.18. The summed E-state index contributed by atoms with van der Waals surface area (Å²) >= 11 is 26.9. The van der Waals surface area contributed by atoms with E-state index in [4.69, 9.17) is 57.9 Å². The largest absolute Gasteiger partial charge is 0.325 e. The van der Waals surface area contributed by atoms with Crippen LogP contribution in [-0.4, -0.2) is 39.4 Å². The Bertz CT molecular complexity index is 841. The number of hydrogen-bond donors (Lipinski definition) is 2. The smallest absolute Gasteiger partial charge is 0.140 e. The predicted octanol–water partition coefficient (Wildman–Crippen LogP) is 5.25. The first-order valence-corrected chi connectivity index (χ1v) is 12.8. The van der Waals surface area contributed by atoms with Gasteiger partial charge in [0.15, 0.2) is 0 Å². The number of ketones is 1. The van der Waals surface area contributed by atoms with Gasteiger partial charge in [-0.05, 0) is 24.0 Å². The zero-order chi connectivity index (χ0) is 23.0. The lowest BCUT2D eigenvalue weighted by molar-refractivity contribution is -0.130. The van der Waals surface area contributed by atoms with Gasteiger partial charge in [-0.15, -0.1) is 46.4 Å². The van der Waals surface area contributed by atoms with Crippen LogP contribution in [0.25, 0.3) is 0 Å². The third-order valence-corrected chi connectivity index (χ3v) is 9.24. The lowest BCUT2D eigenvalue weighted by Crippen LogP contribution is -2.55. The first-order chi connectivity index (χ1) is 15.3. The normalized spacial score (nSPS) is 40.1. The lowest BCUT2D eigenvalue weighted by Gasteiger charge is -2.46. The maximum absolute atomic E-state index is 14.2. The Hall–Kier alpha value is -0.810. The van der Waals surface area contributed by atoms with E-state index >= 15 is 0 Å². The lowest BCUT2D eigenvalue weighted by atomic mass is 9.63. The highest BCUT2D eigenvalue weighted by Gasteiger charge is 2.51. The van der Waals surface area contributed by atoms with Crippen molar-refractivity contribution in [3.05, 3.63) is 71.8 Å². The van der Waals surface area contributed by atoms with Gasteiger partial charge in [0.1, 0.15) is 5.78 Å². The number of carbonyl (C=O) groups excluding carboxylic acids is 1. The minimum atomic E-state index is -0.456. The molecule has 10 unspecified atom stereocenters. The van der Waals surface area contributed by atoms with Crippen LogP contribution in [0.4, 0.5) is 0 Å². The van der Waals surface area contributed by atoms with Crippen LogP contribution in [-0.2, 0) is 4.79 Å². The van der Waals surface area contributed by atoms with Crippen LogP contribution in [0.1, 0.15) is 35.8 Å². The molecule has 4 N–H and O–H groups in total. The Morgan fingerprint density at radius 1 is 0.656 bits per heavy atom. The van der Waals surface area contributed by atoms with E-state index in [0.29, 0.717) is 12.8 Å². The molecule has 0 heterocycles. The second-order valence-electron chi connectivity index (χ2n) is 9.04. The number of benzene rings is 2. The molecule has 10 atom stereocenters. The van der Waals surface area contributed by atoms with E-state index < -0.39 is 22.8 Å². The molecule has 2 aliphatic rings. The van der Waals surface area contributed by atoms with Gasteiger partial charge in [0.05, 0.1) is 21.5 Å². The molecule has 7 heteroatoms. The molecule has 2 aliphatic carbocycles. The highest BCUT2D eigenvalue weighted by molar-refractivity contribution is 6.26. The molecule has 32 heavy (non-hydrogen) atoms. The van der Waals surface area contributed by atoms with Crippen LogP contribution < -0.4 is 11.5 Å². The van der Waals surface area contributed by atoms with E-state index in [0.717, 1.165) is 11.1 Å². The van der Waals surface area contributed by atoms with Crippen molar-refractivity contribution in [2.75, 3.05) is 0 Å². The topological polar surface area (TPSA) is 69.1 Å². The van der Waals surface area contributed by atoms with Gasteiger partial charge in [0.25, 0.3) is 0 Å². The van der Waals surface area contributed by atoms with Gasteiger partial charge >= 0.3 is 0 Å². The highest BCUT2D eigenvalue weighted by Crippen LogP contribution is 2.49. The molecule has 2 aromatic carbocycles. The zero-order valence-electron chi connectivity index (χ0n) is 17.5. The molecule has 0 amide bonds. The van der Waals surface area contributed by atoms with Crippen LogP contribution in [0, 0.1) is 11.8 Å². The molecule has 4 rings (SSSR count). The van der Waals surface area contributed by atoms with Crippen molar-refractivity contribution in [1.29, 1.82) is 0 Å². The predicted molar refractivity (Wildman–Crippen MR) is 134 cm³/mol. The second-order valence-corrected chi connectivity index (χ2v) is 11.2. The molecular formula is C25H28Cl4N2O. The van der Waals surface area contributed by atoms with Crippen molar-refractivity contribution in [3.63, 3.8) is 0 Å². The molecule has 0 aliphatic heterocycles. The number of carbonyl (C=O) groups is 1. The fourth-order valence-corrected chi connectivity index (χ4v) is 7.30. The molecule has 0 bridgehead atoms. The summed E-state index contributed by atoms with van der Waals surface area (Å²) in [6.45, 7) is 0. The standard InChI is InChI=1S/C25H28Cl4N2O/c26-17-11-15(19(21(28)23(17)30)13-7-3-1-4-8-13)25(32)16-12-18(27)24(31)22(29)20(16)14-9-5-2-6-10-14/h1-10,15-24H,11-12,30-31H2. The Balaban J connectivity index is 1.73. The summed E-state index contributed by atoms with van der Waals surface area (Å²) in [7, 11) is 0. The summed E-state index contributed by atoms with van der Waals surface area (Å²) < 4.78 is 0. The molecule has 0 aromatic heterocycles. The van der Waals surface area contributed by atoms with Gasteiger partial charge in [-0.3, -0.25) is 4.79 Å². The molecule has 0 spiro atoms. The number of rotatable bonds is 4. The summed E-state index contributed by atoms with van der Waals surface area (Å²) in [4.78, 5) is 14.2. The summed E-state index contributed by atoms with van der Waals surface area (Å²) in [6.07, 6.45) is 0.933. The minimum absolute atomic E-state index is 0.0964. The van der Waals surface area contributed by atoms with Crippen molar-refractivity contribution < 1.29 is 4.79 Å². The Kier molecular flexibility index (Phi) is 7.76. The first kappa shape index (κ1) is 24.3. The zero-order valence-corrected chi connectivity index (χ0v) is 20.6. The average Bonchev–Trinajstić information content (AvgIpc) is 2.81. The number of alkyl halides is 4. The quantitative estimate of drug-likeness (QED) is 0.548. The fourth-order valence-electron chi connectivity index (χ4n) is 5.46. The third kappa shape index (κ3) is 4.58. The van der Waals surface area contributed by atoms with Crippen molar-refractivity contribution in [2.24, 2.45) is 23.3 Å². The molecule has 3 nitrogen and oxygen atoms in total. The molecular weight excluding hydrogens is 486 g/mol. The molecule has 172 valence electrons. The molecule has 2 saturated carbocycles. The van der Waals surface area contributed by atoms with Crippen molar-refractivity contribution in [3.8, 4) is 0 Å². The van der Waals surface area contributed by atoms with Crippen LogP contribution in [0.3, 0.4) is 0 Å². The maximum atomic E-state index is 14.2. The monoisotopic (exact) mass is 512 g/mol. The summed E-state index contributed by atoms with van der Waals surface area (Å²) in [6, 6.07) is 18.9. The Morgan fingerprint density at radius 2 is 1.00 bits per heavy atom. The summed E-state index contributed by atoms with van der Waals surface area (Å²) in [5, 5.41) is -1.68. The van der Waals surface area contributed by atoms with Gasteiger partial charge < -0.3 is 11.5 Å². The van der Waals surface area contributed by atoms with Crippen molar-refractivity contribution >= 4 is 52.2 Å². The van der Waals surface area contributed by atoms with Crippen molar-refractivity contribution in [1.82, 2.24) is 0 Å². The van der Waals surface area contributed by atoms with Gasteiger partial charge in [-0.2, -0.15) is 0 Å². The first-order valence-electron chi connectivity index (χ1n) is 11.0. The van der Waals surface area contributed by atoms with E-state index in [1.54, 1.807) is 0 Å². The van der Waals surface area contributed by atoms with Crippen molar-refractivity contribution in [2.45, 2.75) is 58.3 Å². The van der Waals surface area contributed by atoms with E-state index in [9.17, 15) is 4.79 Å². The van der Waals surface area contributed by atoms with E-state index in [1.807, 2.05) is 60.7 Å². The SMILES string of the molecule is NC1C(Cl)CC(C(=O)C2CC(Cl)C(N)C(Cl)C2c2ccccc2)C(c2ccccc2)C1Cl. The van der Waals surface area contributed by atoms with Gasteiger partial charge in [0.2, 0.25) is 0 Å². The van der Waals surface area contributed by atoms with Gasteiger partial charge in [0, 0.05) is 35.8 Å². The van der Waals surface area contributed by atoms with Crippen LogP contribution >= 0.6 is 46.4 Å².